The molecule has 0 spiro atoms. The molecule has 0 saturated carbocycles. The fourth-order valence-electron chi connectivity index (χ4n) is 5.54. The van der Waals surface area contributed by atoms with Crippen LogP contribution in [-0.4, -0.2) is 80.4 Å². The fraction of sp³-hybridized carbons (Fsp3) is 0.368. The Morgan fingerprint density at radius 2 is 1.72 bits per heavy atom. The van der Waals surface area contributed by atoms with Crippen molar-refractivity contribution in [3.8, 4) is 22.8 Å². The van der Waals surface area contributed by atoms with Gasteiger partial charge in [-0.3, -0.25) is 10.2 Å². The molecule has 0 radical (unpaired) electrons. The third kappa shape index (κ3) is 12.1. The Bertz CT molecular complexity index is 1940. The summed E-state index contributed by atoms with van der Waals surface area (Å²) in [6.07, 6.45) is -0.252. The lowest BCUT2D eigenvalue weighted by Gasteiger charge is -2.34. The van der Waals surface area contributed by atoms with Gasteiger partial charge in [0.1, 0.15) is 17.7 Å². The second kappa shape index (κ2) is 17.6. The maximum Gasteiger partial charge on any atom is 0.573 e. The van der Waals surface area contributed by atoms with E-state index in [9.17, 15) is 22.8 Å². The van der Waals surface area contributed by atoms with Crippen LogP contribution in [0.25, 0.3) is 17.1 Å². The molecule has 3 aromatic carbocycles. The molecule has 1 aliphatic heterocycles. The van der Waals surface area contributed by atoms with Gasteiger partial charge >= 0.3 is 12.5 Å². The van der Waals surface area contributed by atoms with Gasteiger partial charge < -0.3 is 19.7 Å². The topological polar surface area (TPSA) is 135 Å². The van der Waals surface area contributed by atoms with Crippen molar-refractivity contribution in [1.29, 1.82) is 0 Å². The molecule has 0 bridgehead atoms. The standard InChI is InChI=1S/C38H43F3N8O4S/c1-25-8-6-9-26(2)33(25)45-35(54-23-32(50)42-20-28-10-7-19-48(22-28)36(51)53-37(3,4)5)46-44-21-27-11-13-29(14-12-27)34-43-24-49(47-34)30-15-17-31(18-16-30)52-38(39,40)41/h6,8-9,11-18,21,24,28H,7,10,19-20,22-23H2,1-5H3,(H,42,50)(H,45,46)/b44-21+. The van der Waals surface area contributed by atoms with E-state index in [-0.39, 0.29) is 29.4 Å². The van der Waals surface area contributed by atoms with E-state index >= 15 is 0 Å². The van der Waals surface area contributed by atoms with Gasteiger partial charge in [-0.25, -0.2) is 19.5 Å². The summed E-state index contributed by atoms with van der Waals surface area (Å²) in [6, 6.07) is 18.5. The van der Waals surface area contributed by atoms with Crippen LogP contribution in [0.4, 0.5) is 23.7 Å². The number of nitrogens with one attached hydrogen (secondary N) is 2. The van der Waals surface area contributed by atoms with E-state index in [4.69, 9.17) is 9.73 Å². The van der Waals surface area contributed by atoms with Gasteiger partial charge in [0.25, 0.3) is 0 Å². The summed E-state index contributed by atoms with van der Waals surface area (Å²) < 4.78 is 48.4. The van der Waals surface area contributed by atoms with Gasteiger partial charge in [0.2, 0.25) is 5.91 Å². The highest BCUT2D eigenvalue weighted by Crippen LogP contribution is 2.26. The number of benzene rings is 3. The number of hydrazone groups is 1. The lowest BCUT2D eigenvalue weighted by atomic mass is 9.98. The molecule has 1 fully saturated rings. The summed E-state index contributed by atoms with van der Waals surface area (Å²) in [7, 11) is 0. The molecule has 1 aromatic heterocycles. The number of hydrogen-bond donors (Lipinski definition) is 2. The van der Waals surface area contributed by atoms with Gasteiger partial charge in [-0.15, -0.1) is 18.3 Å². The molecule has 2 heterocycles. The van der Waals surface area contributed by atoms with E-state index < -0.39 is 12.0 Å². The van der Waals surface area contributed by atoms with E-state index in [2.05, 4.69) is 30.7 Å². The minimum absolute atomic E-state index is 0.106. The van der Waals surface area contributed by atoms with E-state index in [1.807, 2.05) is 77.1 Å². The molecular weight excluding hydrogens is 722 g/mol. The lowest BCUT2D eigenvalue weighted by Crippen LogP contribution is -2.45. The Hall–Kier alpha value is -5.38. The highest BCUT2D eigenvalue weighted by Gasteiger charge is 2.31. The number of aliphatic imine (C=N–C) groups is 1. The summed E-state index contributed by atoms with van der Waals surface area (Å²) in [4.78, 5) is 36.4. The number of aryl methyl sites for hydroxylation is 2. The summed E-state index contributed by atoms with van der Waals surface area (Å²) >= 11 is 1.23. The number of carbonyl (C=O) groups excluding carboxylic acids is 2. The number of amidine groups is 1. The molecule has 1 saturated heterocycles. The van der Waals surface area contributed by atoms with Crippen LogP contribution in [-0.2, 0) is 9.53 Å². The molecule has 12 nitrogen and oxygen atoms in total. The number of nitrogens with zero attached hydrogens (tertiary/aromatic N) is 6. The first kappa shape index (κ1) is 39.8. The number of thioether (sulfide) groups is 1. The van der Waals surface area contributed by atoms with Gasteiger partial charge in [0.05, 0.1) is 23.3 Å². The van der Waals surface area contributed by atoms with Gasteiger partial charge in [-0.1, -0.05) is 54.2 Å². The van der Waals surface area contributed by atoms with Gasteiger partial charge in [0.15, 0.2) is 11.0 Å². The Morgan fingerprint density at radius 3 is 2.39 bits per heavy atom. The monoisotopic (exact) mass is 764 g/mol. The number of rotatable bonds is 10. The van der Waals surface area contributed by atoms with Crippen LogP contribution in [0.3, 0.4) is 0 Å². The Balaban J connectivity index is 1.18. The van der Waals surface area contributed by atoms with Crippen LogP contribution >= 0.6 is 11.8 Å². The summed E-state index contributed by atoms with van der Waals surface area (Å²) in [5.74, 6) is 0.175. The highest BCUT2D eigenvalue weighted by atomic mass is 32.2. The Morgan fingerprint density at radius 1 is 1.02 bits per heavy atom. The molecule has 1 unspecified atom stereocenters. The average molecular weight is 765 g/mol. The Kier molecular flexibility index (Phi) is 13.0. The SMILES string of the molecule is Cc1cccc(C)c1/N=C(/N/N=C/c1ccc(-c2ncn(-c3ccc(OC(F)(F)F)cc3)n2)cc1)SCC(=O)NCC1CCCN(C(=O)OC(C)(C)C)C1. The Labute approximate surface area is 316 Å². The molecule has 2 N–H and O–H groups in total. The summed E-state index contributed by atoms with van der Waals surface area (Å²) in [6.45, 7) is 11.1. The maximum absolute atomic E-state index is 13.0. The number of alkyl halides is 3. The number of hydrogen-bond acceptors (Lipinski definition) is 9. The van der Waals surface area contributed by atoms with E-state index in [1.165, 1.54) is 47.0 Å². The first-order valence-electron chi connectivity index (χ1n) is 17.3. The second-order valence-corrected chi connectivity index (χ2v) is 14.7. The number of aromatic nitrogens is 3. The smallest absolute Gasteiger partial charge is 0.444 e. The molecule has 0 aliphatic carbocycles. The first-order chi connectivity index (χ1) is 25.6. The predicted octanol–water partition coefficient (Wildman–Crippen LogP) is 7.56. The highest BCUT2D eigenvalue weighted by molar-refractivity contribution is 8.14. The number of piperidine rings is 1. The third-order valence-corrected chi connectivity index (χ3v) is 8.98. The molecule has 16 heteroatoms. The van der Waals surface area contributed by atoms with Crippen LogP contribution in [0.15, 0.2) is 83.2 Å². The van der Waals surface area contributed by atoms with E-state index in [0.717, 1.165) is 40.8 Å². The van der Waals surface area contributed by atoms with Gasteiger partial charge in [-0.2, -0.15) is 5.10 Å². The van der Waals surface area contributed by atoms with Crippen LogP contribution < -0.4 is 15.5 Å². The number of carbonyl (C=O) groups is 2. The van der Waals surface area contributed by atoms with Crippen molar-refractivity contribution in [2.24, 2.45) is 16.0 Å². The average Bonchev–Trinajstić information content (AvgIpc) is 3.61. The predicted molar refractivity (Wildman–Crippen MR) is 203 cm³/mol. The number of halogens is 3. The van der Waals surface area contributed by atoms with Gasteiger partial charge in [-0.05, 0) is 94.3 Å². The third-order valence-electron chi connectivity index (χ3n) is 8.12. The van der Waals surface area contributed by atoms with E-state index in [1.54, 1.807) is 11.1 Å². The van der Waals surface area contributed by atoms with Crippen molar-refractivity contribution in [3.05, 3.63) is 89.7 Å². The van der Waals surface area contributed by atoms with Crippen molar-refractivity contribution in [3.63, 3.8) is 0 Å². The molecule has 1 aliphatic rings. The fourth-order valence-corrected chi connectivity index (χ4v) is 6.18. The van der Waals surface area contributed by atoms with Crippen LogP contribution in [0.2, 0.25) is 0 Å². The largest absolute Gasteiger partial charge is 0.573 e. The summed E-state index contributed by atoms with van der Waals surface area (Å²) in [5, 5.41) is 12.3. The maximum atomic E-state index is 13.0. The first-order valence-corrected chi connectivity index (χ1v) is 18.3. The normalized spacial score (nSPS) is 15.3. The number of amides is 2. The molecule has 2 amide bonds. The minimum atomic E-state index is -4.77. The molecule has 5 rings (SSSR count). The number of likely N-dealkylation sites (tertiary alicyclic amines) is 1. The minimum Gasteiger partial charge on any atom is -0.444 e. The second-order valence-electron chi connectivity index (χ2n) is 13.7. The van der Waals surface area contributed by atoms with Crippen molar-refractivity contribution >= 4 is 40.8 Å². The van der Waals surface area contributed by atoms with E-state index in [0.29, 0.717) is 36.3 Å². The quantitative estimate of drug-likeness (QED) is 0.0961. The summed E-state index contributed by atoms with van der Waals surface area (Å²) in [5.41, 5.74) is 7.19. The van der Waals surface area contributed by atoms with Crippen LogP contribution in [0.5, 0.6) is 5.75 Å². The molecular formula is C38H43F3N8O4S. The zero-order valence-corrected chi connectivity index (χ0v) is 31.5. The van der Waals surface area contributed by atoms with Crippen molar-refractivity contribution < 1.29 is 32.2 Å². The lowest BCUT2D eigenvalue weighted by molar-refractivity contribution is -0.274. The molecule has 1 atom stereocenters. The van der Waals surface area contributed by atoms with Crippen LogP contribution in [0.1, 0.15) is 50.3 Å². The zero-order valence-electron chi connectivity index (χ0n) is 30.7. The van der Waals surface area contributed by atoms with Crippen LogP contribution in [0, 0.1) is 19.8 Å². The van der Waals surface area contributed by atoms with Crippen molar-refractivity contribution in [2.45, 2.75) is 59.4 Å². The van der Waals surface area contributed by atoms with Gasteiger partial charge in [0, 0.05) is 25.2 Å². The number of para-hydroxylation sites is 1. The molecule has 286 valence electrons. The van der Waals surface area contributed by atoms with Crippen molar-refractivity contribution in [2.75, 3.05) is 25.4 Å². The van der Waals surface area contributed by atoms with Crippen molar-refractivity contribution in [1.82, 2.24) is 30.4 Å². The zero-order chi connectivity index (χ0) is 38.9. The molecule has 54 heavy (non-hydrogen) atoms. The number of ether oxygens (including phenoxy) is 2. The molecule has 4 aromatic rings.